The van der Waals surface area contributed by atoms with Crippen LogP contribution in [0.3, 0.4) is 0 Å². The summed E-state index contributed by atoms with van der Waals surface area (Å²) in [6, 6.07) is 0. The summed E-state index contributed by atoms with van der Waals surface area (Å²) < 4.78 is 0. The largest absolute Gasteiger partial charge is 0.369 e. The zero-order chi connectivity index (χ0) is 15.3. The van der Waals surface area contributed by atoms with Crippen LogP contribution in [0.4, 0.5) is 0 Å². The first kappa shape index (κ1) is 17.6. The number of carbonyl (C=O) groups is 2. The number of carbonyl (C=O) groups excluding carboxylic acids is 2. The lowest BCUT2D eigenvalue weighted by atomic mass is 10.2. The van der Waals surface area contributed by atoms with Gasteiger partial charge in [0.2, 0.25) is 0 Å². The van der Waals surface area contributed by atoms with Crippen LogP contribution in [-0.4, -0.2) is 23.1 Å². The van der Waals surface area contributed by atoms with E-state index in [1.54, 1.807) is 41.5 Å². The predicted molar refractivity (Wildman–Crippen MR) is 67.6 cm³/mol. The maximum absolute atomic E-state index is 11.4. The molecule has 0 heterocycles. The zero-order valence-electron chi connectivity index (χ0n) is 12.4. The van der Waals surface area contributed by atoms with E-state index in [2.05, 4.69) is 16.4 Å². The zero-order valence-corrected chi connectivity index (χ0v) is 12.4. The molecule has 110 valence electrons. The molecule has 0 rings (SSSR count). The van der Waals surface area contributed by atoms with Gasteiger partial charge < -0.3 is 0 Å². The van der Waals surface area contributed by atoms with Crippen molar-refractivity contribution in [1.29, 1.82) is 0 Å². The molecule has 0 spiro atoms. The van der Waals surface area contributed by atoms with Crippen LogP contribution in [-0.2, 0) is 29.1 Å². The van der Waals surface area contributed by atoms with Crippen LogP contribution < -0.4 is 0 Å². The van der Waals surface area contributed by atoms with Crippen LogP contribution in [0.1, 0.15) is 48.0 Å². The first-order chi connectivity index (χ1) is 8.41. The van der Waals surface area contributed by atoms with Gasteiger partial charge in [-0.1, -0.05) is 6.58 Å². The third kappa shape index (κ3) is 10.2. The molecular weight excluding hydrogens is 252 g/mol. The Morgan fingerprint density at radius 1 is 0.895 bits per heavy atom. The third-order valence-corrected chi connectivity index (χ3v) is 1.40. The molecule has 0 aliphatic carbocycles. The summed E-state index contributed by atoms with van der Waals surface area (Å²) in [5.41, 5.74) is -1.33. The smallest absolute Gasteiger partial charge is 0.297 e. The van der Waals surface area contributed by atoms with Crippen molar-refractivity contribution in [1.82, 2.24) is 0 Å². The lowest BCUT2D eigenvalue weighted by Gasteiger charge is -2.18. The van der Waals surface area contributed by atoms with Crippen molar-refractivity contribution < 1.29 is 29.1 Å². The van der Waals surface area contributed by atoms with Crippen LogP contribution in [0.2, 0.25) is 0 Å². The van der Waals surface area contributed by atoms with Crippen molar-refractivity contribution in [2.75, 3.05) is 0 Å². The van der Waals surface area contributed by atoms with Gasteiger partial charge >= 0.3 is 11.9 Å². The molecule has 0 saturated heterocycles. The molecule has 0 unspecified atom stereocenters. The highest BCUT2D eigenvalue weighted by molar-refractivity contribution is 5.92. The number of hydrogen-bond acceptors (Lipinski definition) is 6. The third-order valence-electron chi connectivity index (χ3n) is 1.40. The molecule has 0 bridgehead atoms. The fourth-order valence-corrected chi connectivity index (χ4v) is 0.669. The van der Waals surface area contributed by atoms with Crippen LogP contribution in [0, 0.1) is 0 Å². The van der Waals surface area contributed by atoms with E-state index in [-0.39, 0.29) is 12.0 Å². The highest BCUT2D eigenvalue weighted by Crippen LogP contribution is 2.12. The summed E-state index contributed by atoms with van der Waals surface area (Å²) in [4.78, 5) is 41.5. The Balaban J connectivity index is 4.09. The molecule has 0 amide bonds. The summed E-state index contributed by atoms with van der Waals surface area (Å²) in [6.07, 6.45) is -0.331. The lowest BCUT2D eigenvalue weighted by Crippen LogP contribution is -2.24. The highest BCUT2D eigenvalue weighted by Gasteiger charge is 2.21. The fourth-order valence-electron chi connectivity index (χ4n) is 0.669. The van der Waals surface area contributed by atoms with Gasteiger partial charge in [-0.3, -0.25) is 9.78 Å². The fraction of sp³-hybridized carbons (Fsp3) is 0.692. The molecule has 0 atom stereocenters. The minimum Gasteiger partial charge on any atom is -0.297 e. The summed E-state index contributed by atoms with van der Waals surface area (Å²) in [6.45, 7) is 13.7. The Kier molecular flexibility index (Phi) is 6.18. The van der Waals surface area contributed by atoms with Gasteiger partial charge in [-0.25, -0.2) is 9.59 Å². The molecule has 0 N–H and O–H groups in total. The summed E-state index contributed by atoms with van der Waals surface area (Å²) in [5.74, 6) is -1.55. The number of hydrogen-bond donors (Lipinski definition) is 0. The predicted octanol–water partition coefficient (Wildman–Crippen LogP) is 2.48. The van der Waals surface area contributed by atoms with Crippen molar-refractivity contribution in [2.24, 2.45) is 0 Å². The van der Waals surface area contributed by atoms with E-state index < -0.39 is 23.1 Å². The van der Waals surface area contributed by atoms with Gasteiger partial charge in [0, 0.05) is 5.57 Å². The summed E-state index contributed by atoms with van der Waals surface area (Å²) in [5, 5.41) is 0. The van der Waals surface area contributed by atoms with E-state index in [0.717, 1.165) is 0 Å². The Labute approximate surface area is 113 Å². The van der Waals surface area contributed by atoms with E-state index in [1.807, 2.05) is 0 Å². The molecule has 0 saturated carbocycles. The topological polar surface area (TPSA) is 71.1 Å². The van der Waals surface area contributed by atoms with Crippen LogP contribution in [0.5, 0.6) is 0 Å². The monoisotopic (exact) mass is 274 g/mol. The Bertz CT molecular complexity index is 345. The average molecular weight is 274 g/mol. The van der Waals surface area contributed by atoms with E-state index in [4.69, 9.17) is 9.78 Å². The van der Waals surface area contributed by atoms with Gasteiger partial charge in [-0.15, -0.1) is 0 Å². The SMILES string of the molecule is C=C(CC(=O)OOC(C)(C)C)C(=O)OOC(C)(C)C. The van der Waals surface area contributed by atoms with Crippen LogP contribution in [0.25, 0.3) is 0 Å². The van der Waals surface area contributed by atoms with Gasteiger partial charge in [0.05, 0.1) is 6.42 Å². The van der Waals surface area contributed by atoms with Gasteiger partial charge in [-0.2, -0.15) is 9.78 Å². The van der Waals surface area contributed by atoms with E-state index in [1.165, 1.54) is 0 Å². The Hall–Kier alpha value is -1.40. The highest BCUT2D eigenvalue weighted by atomic mass is 17.2. The average Bonchev–Trinajstić information content (AvgIpc) is 2.21. The van der Waals surface area contributed by atoms with Crippen molar-refractivity contribution in [3.05, 3.63) is 12.2 Å². The molecule has 6 heteroatoms. The van der Waals surface area contributed by atoms with Crippen LogP contribution >= 0.6 is 0 Å². The standard InChI is InChI=1S/C13H22O6/c1-9(11(15)17-19-13(5,6)7)8-10(14)16-18-12(2,3)4/h1,8H2,2-7H3. The van der Waals surface area contributed by atoms with E-state index in [0.29, 0.717) is 0 Å². The maximum Gasteiger partial charge on any atom is 0.369 e. The Morgan fingerprint density at radius 2 is 1.32 bits per heavy atom. The molecule has 19 heavy (non-hydrogen) atoms. The molecule has 6 nitrogen and oxygen atoms in total. The quantitative estimate of drug-likeness (QED) is 0.436. The van der Waals surface area contributed by atoms with Gasteiger partial charge in [0.1, 0.15) is 11.2 Å². The van der Waals surface area contributed by atoms with E-state index >= 15 is 0 Å². The minimum atomic E-state index is -0.817. The molecule has 0 aromatic rings. The first-order valence-corrected chi connectivity index (χ1v) is 5.87. The minimum absolute atomic E-state index is 0.0771. The maximum atomic E-state index is 11.4. The van der Waals surface area contributed by atoms with Gasteiger partial charge in [0.15, 0.2) is 0 Å². The van der Waals surface area contributed by atoms with Gasteiger partial charge in [-0.05, 0) is 41.5 Å². The lowest BCUT2D eigenvalue weighted by molar-refractivity contribution is -0.321. The molecule has 0 aromatic carbocycles. The molecule has 0 fully saturated rings. The second kappa shape index (κ2) is 6.68. The Morgan fingerprint density at radius 3 is 1.74 bits per heavy atom. The molecular formula is C13H22O6. The van der Waals surface area contributed by atoms with Crippen molar-refractivity contribution in [3.8, 4) is 0 Å². The first-order valence-electron chi connectivity index (χ1n) is 5.87. The molecule has 0 aromatic heterocycles. The van der Waals surface area contributed by atoms with Crippen LogP contribution in [0.15, 0.2) is 12.2 Å². The molecule has 0 radical (unpaired) electrons. The normalized spacial score (nSPS) is 11.9. The van der Waals surface area contributed by atoms with Gasteiger partial charge in [0.25, 0.3) is 0 Å². The summed E-state index contributed by atoms with van der Waals surface area (Å²) >= 11 is 0. The molecule has 0 aliphatic rings. The van der Waals surface area contributed by atoms with Crippen molar-refractivity contribution in [3.63, 3.8) is 0 Å². The molecule has 0 aliphatic heterocycles. The number of rotatable bonds is 5. The van der Waals surface area contributed by atoms with E-state index in [9.17, 15) is 9.59 Å². The summed E-state index contributed by atoms with van der Waals surface area (Å²) in [7, 11) is 0. The van der Waals surface area contributed by atoms with Crippen molar-refractivity contribution in [2.45, 2.75) is 59.2 Å². The second-order valence-electron chi connectivity index (χ2n) is 6.00. The second-order valence-corrected chi connectivity index (χ2v) is 6.00. The van der Waals surface area contributed by atoms with Crippen molar-refractivity contribution >= 4 is 11.9 Å².